The molecule has 8 heteroatoms. The van der Waals surface area contributed by atoms with Gasteiger partial charge in [-0.15, -0.1) is 0 Å². The Balaban J connectivity index is 1.80. The molecule has 1 heterocycles. The molecular weight excluding hydrogens is 466 g/mol. The van der Waals surface area contributed by atoms with Gasteiger partial charge in [0.1, 0.15) is 0 Å². The number of amides is 1. The van der Waals surface area contributed by atoms with Crippen molar-refractivity contribution in [3.8, 4) is 0 Å². The second-order valence-corrected chi connectivity index (χ2v) is 8.56. The summed E-state index contributed by atoms with van der Waals surface area (Å²) in [5.41, 5.74) is 1.71. The molecule has 156 valence electrons. The van der Waals surface area contributed by atoms with E-state index in [1.807, 2.05) is 13.0 Å². The predicted molar refractivity (Wildman–Crippen MR) is 124 cm³/mol. The molecule has 0 spiro atoms. The van der Waals surface area contributed by atoms with Crippen LogP contribution in [-0.4, -0.2) is 27.0 Å². The Morgan fingerprint density at radius 2 is 1.87 bits per heavy atom. The molecule has 1 amide bonds. The van der Waals surface area contributed by atoms with Crippen LogP contribution in [0.25, 0.3) is 10.9 Å². The van der Waals surface area contributed by atoms with Gasteiger partial charge in [-0.05, 0) is 48.9 Å². The molecule has 30 heavy (non-hydrogen) atoms. The number of benzene rings is 2. The van der Waals surface area contributed by atoms with Crippen LogP contribution in [0.2, 0.25) is 0 Å². The minimum Gasteiger partial charge on any atom is -0.326 e. The Labute approximate surface area is 187 Å². The Morgan fingerprint density at radius 3 is 2.53 bits per heavy atom. The molecule has 0 aliphatic carbocycles. The molecule has 3 rings (SSSR count). The first-order valence-corrected chi connectivity index (χ1v) is 11.5. The summed E-state index contributed by atoms with van der Waals surface area (Å²) in [5.74, 6) is 0.0216. The molecule has 0 saturated heterocycles. The van der Waals surface area contributed by atoms with Crippen molar-refractivity contribution >= 4 is 56.0 Å². The van der Waals surface area contributed by atoms with Crippen LogP contribution < -0.4 is 10.9 Å². The SMILES string of the molecule is CCCn1c(SCC(=O)c2ccc(NC(=O)CC)cc2)nc2ccc(Br)cc2c1=O. The highest BCUT2D eigenvalue weighted by molar-refractivity contribution is 9.10. The lowest BCUT2D eigenvalue weighted by atomic mass is 10.1. The Bertz CT molecular complexity index is 1140. The van der Waals surface area contributed by atoms with E-state index in [9.17, 15) is 14.4 Å². The van der Waals surface area contributed by atoms with Gasteiger partial charge < -0.3 is 5.32 Å². The van der Waals surface area contributed by atoms with Crippen molar-refractivity contribution in [3.63, 3.8) is 0 Å². The quantitative estimate of drug-likeness (QED) is 0.277. The first-order valence-electron chi connectivity index (χ1n) is 9.69. The van der Waals surface area contributed by atoms with Gasteiger partial charge in [-0.3, -0.25) is 19.0 Å². The minimum absolute atomic E-state index is 0.0680. The van der Waals surface area contributed by atoms with E-state index in [0.29, 0.717) is 40.3 Å². The van der Waals surface area contributed by atoms with Crippen molar-refractivity contribution in [1.29, 1.82) is 0 Å². The van der Waals surface area contributed by atoms with Crippen molar-refractivity contribution in [1.82, 2.24) is 9.55 Å². The van der Waals surface area contributed by atoms with E-state index in [0.717, 1.165) is 10.9 Å². The first-order chi connectivity index (χ1) is 14.4. The van der Waals surface area contributed by atoms with Gasteiger partial charge in [0.15, 0.2) is 10.9 Å². The fourth-order valence-electron chi connectivity index (χ4n) is 2.91. The number of fused-ring (bicyclic) bond motifs is 1. The van der Waals surface area contributed by atoms with E-state index < -0.39 is 0 Å². The Hall–Kier alpha value is -2.45. The number of aromatic nitrogens is 2. The van der Waals surface area contributed by atoms with Gasteiger partial charge in [0.05, 0.1) is 16.7 Å². The molecule has 2 aromatic carbocycles. The predicted octanol–water partition coefficient (Wildman–Crippen LogP) is 4.89. The van der Waals surface area contributed by atoms with Crippen LogP contribution >= 0.6 is 27.7 Å². The van der Waals surface area contributed by atoms with Crippen LogP contribution in [-0.2, 0) is 11.3 Å². The summed E-state index contributed by atoms with van der Waals surface area (Å²) >= 11 is 4.66. The van der Waals surface area contributed by atoms with Crippen LogP contribution in [0, 0.1) is 0 Å². The monoisotopic (exact) mass is 487 g/mol. The summed E-state index contributed by atoms with van der Waals surface area (Å²) in [6.07, 6.45) is 1.18. The van der Waals surface area contributed by atoms with Gasteiger partial charge in [0.2, 0.25) is 5.91 Å². The fraction of sp³-hybridized carbons (Fsp3) is 0.273. The Morgan fingerprint density at radius 1 is 1.13 bits per heavy atom. The van der Waals surface area contributed by atoms with Crippen LogP contribution in [0.1, 0.15) is 37.0 Å². The number of carbonyl (C=O) groups excluding carboxylic acids is 2. The maximum atomic E-state index is 12.9. The number of hydrogen-bond acceptors (Lipinski definition) is 5. The molecule has 0 unspecified atom stereocenters. The molecule has 0 fully saturated rings. The van der Waals surface area contributed by atoms with E-state index in [1.165, 1.54) is 11.8 Å². The van der Waals surface area contributed by atoms with E-state index in [4.69, 9.17) is 0 Å². The molecule has 1 N–H and O–H groups in total. The summed E-state index contributed by atoms with van der Waals surface area (Å²) in [6, 6.07) is 12.2. The number of nitrogens with zero attached hydrogens (tertiary/aromatic N) is 2. The van der Waals surface area contributed by atoms with Gasteiger partial charge in [0.25, 0.3) is 5.56 Å². The van der Waals surface area contributed by atoms with Crippen LogP contribution in [0.3, 0.4) is 0 Å². The lowest BCUT2D eigenvalue weighted by Crippen LogP contribution is -2.23. The molecule has 0 aliphatic rings. The lowest BCUT2D eigenvalue weighted by molar-refractivity contribution is -0.115. The van der Waals surface area contributed by atoms with Gasteiger partial charge >= 0.3 is 0 Å². The van der Waals surface area contributed by atoms with E-state index in [2.05, 4.69) is 26.2 Å². The smallest absolute Gasteiger partial charge is 0.262 e. The standard InChI is InChI=1S/C22H22BrN3O3S/c1-3-11-26-21(29)17-12-15(23)7-10-18(17)25-22(26)30-13-19(27)14-5-8-16(9-6-14)24-20(28)4-2/h5-10,12H,3-4,11,13H2,1-2H3,(H,24,28). The summed E-state index contributed by atoms with van der Waals surface area (Å²) in [5, 5.41) is 3.85. The average molecular weight is 488 g/mol. The molecule has 0 radical (unpaired) electrons. The normalized spacial score (nSPS) is 10.9. The average Bonchev–Trinajstić information content (AvgIpc) is 2.75. The number of ketones is 1. The minimum atomic E-state index is -0.103. The van der Waals surface area contributed by atoms with Crippen LogP contribution in [0.4, 0.5) is 5.69 Å². The molecule has 0 bridgehead atoms. The summed E-state index contributed by atoms with van der Waals surface area (Å²) in [4.78, 5) is 41.7. The number of carbonyl (C=O) groups is 2. The van der Waals surface area contributed by atoms with E-state index in [1.54, 1.807) is 47.9 Å². The third-order valence-electron chi connectivity index (χ3n) is 4.47. The highest BCUT2D eigenvalue weighted by Crippen LogP contribution is 2.22. The third-order valence-corrected chi connectivity index (χ3v) is 5.94. The van der Waals surface area contributed by atoms with Crippen molar-refractivity contribution in [3.05, 3.63) is 62.9 Å². The molecule has 0 saturated carbocycles. The van der Waals surface area contributed by atoms with Gasteiger partial charge in [-0.25, -0.2) is 4.98 Å². The van der Waals surface area contributed by atoms with E-state index >= 15 is 0 Å². The van der Waals surface area contributed by atoms with Crippen LogP contribution in [0.5, 0.6) is 0 Å². The lowest BCUT2D eigenvalue weighted by Gasteiger charge is -2.12. The van der Waals surface area contributed by atoms with Gasteiger partial charge in [-0.1, -0.05) is 41.5 Å². The highest BCUT2D eigenvalue weighted by Gasteiger charge is 2.14. The number of Topliss-reactive ketones (excluding diaryl/α,β-unsaturated/α-hetero) is 1. The molecule has 0 atom stereocenters. The van der Waals surface area contributed by atoms with Crippen molar-refractivity contribution in [2.45, 2.75) is 38.4 Å². The van der Waals surface area contributed by atoms with Crippen LogP contribution in [0.15, 0.2) is 56.9 Å². The summed E-state index contributed by atoms with van der Waals surface area (Å²) in [6.45, 7) is 4.31. The summed E-state index contributed by atoms with van der Waals surface area (Å²) < 4.78 is 2.46. The number of rotatable bonds is 8. The van der Waals surface area contributed by atoms with Crippen molar-refractivity contribution < 1.29 is 9.59 Å². The number of halogens is 1. The Kier molecular flexibility index (Phi) is 7.44. The molecule has 0 aliphatic heterocycles. The van der Waals surface area contributed by atoms with Gasteiger partial charge in [0, 0.05) is 28.7 Å². The second-order valence-electron chi connectivity index (χ2n) is 6.70. The number of hydrogen-bond donors (Lipinski definition) is 1. The number of nitrogens with one attached hydrogen (secondary N) is 1. The topological polar surface area (TPSA) is 81.1 Å². The largest absolute Gasteiger partial charge is 0.326 e. The first kappa shape index (κ1) is 22.2. The van der Waals surface area contributed by atoms with Gasteiger partial charge in [-0.2, -0.15) is 0 Å². The highest BCUT2D eigenvalue weighted by atomic mass is 79.9. The maximum absolute atomic E-state index is 12.9. The molecule has 1 aromatic heterocycles. The molecular formula is C22H22BrN3O3S. The third kappa shape index (κ3) is 5.17. The van der Waals surface area contributed by atoms with Crippen molar-refractivity contribution in [2.24, 2.45) is 0 Å². The zero-order chi connectivity index (χ0) is 21.7. The zero-order valence-electron chi connectivity index (χ0n) is 16.8. The fourth-order valence-corrected chi connectivity index (χ4v) is 4.19. The zero-order valence-corrected chi connectivity index (χ0v) is 19.2. The second kappa shape index (κ2) is 10.0. The molecule has 6 nitrogen and oxygen atoms in total. The number of thioether (sulfide) groups is 1. The maximum Gasteiger partial charge on any atom is 0.262 e. The number of anilines is 1. The van der Waals surface area contributed by atoms with E-state index in [-0.39, 0.29) is 23.0 Å². The van der Waals surface area contributed by atoms with Crippen molar-refractivity contribution in [2.75, 3.05) is 11.1 Å². The molecule has 3 aromatic rings. The summed E-state index contributed by atoms with van der Waals surface area (Å²) in [7, 11) is 0.